The molecule has 1 N–H and O–H groups in total. The second-order valence-corrected chi connectivity index (χ2v) is 4.72. The number of nitrogens with one attached hydrogen (secondary N) is 1. The molecule has 18 heavy (non-hydrogen) atoms. The average Bonchev–Trinajstić information content (AvgIpc) is 2.43. The molecular formula is C15H22N2O. The summed E-state index contributed by atoms with van der Waals surface area (Å²) in [6.45, 7) is 7.55. The summed E-state index contributed by atoms with van der Waals surface area (Å²) in [6.07, 6.45) is 2.21. The van der Waals surface area contributed by atoms with Crippen LogP contribution in [0, 0.1) is 11.3 Å². The molecule has 0 spiro atoms. The van der Waals surface area contributed by atoms with Crippen LogP contribution in [-0.4, -0.2) is 12.1 Å². The molecule has 1 rings (SSSR count). The van der Waals surface area contributed by atoms with Crippen molar-refractivity contribution >= 4 is 0 Å². The van der Waals surface area contributed by atoms with Crippen LogP contribution in [0.15, 0.2) is 24.3 Å². The topological polar surface area (TPSA) is 45.0 Å². The summed E-state index contributed by atoms with van der Waals surface area (Å²) < 4.78 is 5.29. The van der Waals surface area contributed by atoms with Crippen LogP contribution in [0.1, 0.15) is 39.2 Å². The maximum absolute atomic E-state index is 8.48. The van der Waals surface area contributed by atoms with Crippen LogP contribution in [0.5, 0.6) is 5.75 Å². The van der Waals surface area contributed by atoms with Gasteiger partial charge >= 0.3 is 0 Å². The molecule has 0 saturated carbocycles. The molecular weight excluding hydrogens is 224 g/mol. The lowest BCUT2D eigenvalue weighted by atomic mass is 9.95. The third kappa shape index (κ3) is 4.38. The Bertz CT molecular complexity index is 405. The van der Waals surface area contributed by atoms with E-state index in [0.29, 0.717) is 0 Å². The first-order valence-electron chi connectivity index (χ1n) is 6.47. The Kier molecular flexibility index (Phi) is 5.67. The fourth-order valence-corrected chi connectivity index (χ4v) is 1.68. The molecule has 3 nitrogen and oxygen atoms in total. The summed E-state index contributed by atoms with van der Waals surface area (Å²) >= 11 is 0. The van der Waals surface area contributed by atoms with Gasteiger partial charge < -0.3 is 10.1 Å². The largest absolute Gasteiger partial charge is 0.479 e. The van der Waals surface area contributed by atoms with Crippen molar-refractivity contribution in [2.45, 2.75) is 45.7 Å². The van der Waals surface area contributed by atoms with E-state index in [4.69, 9.17) is 10.00 Å². The van der Waals surface area contributed by atoms with E-state index in [1.54, 1.807) is 0 Å². The third-order valence-electron chi connectivity index (χ3n) is 3.48. The molecule has 0 saturated heterocycles. The Labute approximate surface area is 110 Å². The summed E-state index contributed by atoms with van der Waals surface area (Å²) in [6, 6.07) is 9.85. The average molecular weight is 246 g/mol. The third-order valence-corrected chi connectivity index (χ3v) is 3.48. The van der Waals surface area contributed by atoms with E-state index in [0.717, 1.165) is 25.1 Å². The number of rotatable bonds is 7. The van der Waals surface area contributed by atoms with E-state index in [2.05, 4.69) is 32.2 Å². The van der Waals surface area contributed by atoms with E-state index in [1.165, 1.54) is 5.56 Å². The smallest absolute Gasteiger partial charge is 0.174 e. The highest BCUT2D eigenvalue weighted by Gasteiger charge is 2.17. The van der Waals surface area contributed by atoms with Gasteiger partial charge in [-0.2, -0.15) is 5.26 Å². The summed E-state index contributed by atoms with van der Waals surface area (Å²) in [5.41, 5.74) is 1.36. The summed E-state index contributed by atoms with van der Waals surface area (Å²) in [5.74, 6) is 0.755. The van der Waals surface area contributed by atoms with Gasteiger partial charge in [0.2, 0.25) is 0 Å². The van der Waals surface area contributed by atoms with Crippen molar-refractivity contribution in [3.8, 4) is 11.8 Å². The van der Waals surface area contributed by atoms with Gasteiger partial charge in [-0.05, 0) is 37.5 Å². The van der Waals surface area contributed by atoms with Crippen LogP contribution in [0.3, 0.4) is 0 Å². The zero-order valence-electron chi connectivity index (χ0n) is 11.5. The Morgan fingerprint density at radius 2 is 2.06 bits per heavy atom. The van der Waals surface area contributed by atoms with Gasteiger partial charge in [0.1, 0.15) is 11.8 Å². The normalized spacial score (nSPS) is 11.0. The maximum atomic E-state index is 8.48. The van der Waals surface area contributed by atoms with E-state index in [1.807, 2.05) is 24.3 Å². The molecule has 0 unspecified atom stereocenters. The lowest BCUT2D eigenvalue weighted by molar-refractivity contribution is 0.328. The van der Waals surface area contributed by atoms with Crippen molar-refractivity contribution in [2.75, 3.05) is 6.61 Å². The molecule has 1 aromatic carbocycles. The van der Waals surface area contributed by atoms with E-state index < -0.39 is 0 Å². The minimum Gasteiger partial charge on any atom is -0.479 e. The Morgan fingerprint density at radius 3 is 2.67 bits per heavy atom. The van der Waals surface area contributed by atoms with E-state index >= 15 is 0 Å². The van der Waals surface area contributed by atoms with Crippen molar-refractivity contribution in [3.05, 3.63) is 29.8 Å². The highest BCUT2D eigenvalue weighted by Crippen LogP contribution is 2.17. The highest BCUT2D eigenvalue weighted by atomic mass is 16.5. The molecule has 0 aliphatic carbocycles. The van der Waals surface area contributed by atoms with Gasteiger partial charge in [0.25, 0.3) is 0 Å². The first-order chi connectivity index (χ1) is 8.63. The quantitative estimate of drug-likeness (QED) is 0.803. The Morgan fingerprint density at radius 1 is 1.33 bits per heavy atom. The van der Waals surface area contributed by atoms with Crippen LogP contribution in [0.2, 0.25) is 0 Å². The number of ether oxygens (including phenoxy) is 1. The number of nitrogens with zero attached hydrogens (tertiary/aromatic N) is 1. The summed E-state index contributed by atoms with van der Waals surface area (Å²) in [5, 5.41) is 12.1. The van der Waals surface area contributed by atoms with Crippen LogP contribution in [0.25, 0.3) is 0 Å². The Hall–Kier alpha value is -1.53. The lowest BCUT2D eigenvalue weighted by Gasteiger charge is -2.28. The zero-order chi connectivity index (χ0) is 13.4. The molecule has 0 aromatic heterocycles. The van der Waals surface area contributed by atoms with Gasteiger partial charge in [0, 0.05) is 12.1 Å². The van der Waals surface area contributed by atoms with E-state index in [-0.39, 0.29) is 12.1 Å². The van der Waals surface area contributed by atoms with Crippen LogP contribution < -0.4 is 10.1 Å². The monoisotopic (exact) mass is 246 g/mol. The number of hydrogen-bond acceptors (Lipinski definition) is 3. The van der Waals surface area contributed by atoms with Crippen LogP contribution in [0.4, 0.5) is 0 Å². The van der Waals surface area contributed by atoms with Crippen LogP contribution in [-0.2, 0) is 6.54 Å². The number of nitriles is 1. The molecule has 0 fully saturated rings. The Balaban J connectivity index is 2.60. The van der Waals surface area contributed by atoms with Crippen molar-refractivity contribution in [1.82, 2.24) is 5.32 Å². The van der Waals surface area contributed by atoms with Gasteiger partial charge in [-0.25, -0.2) is 0 Å². The molecule has 0 atom stereocenters. The minimum absolute atomic E-state index is 0.0958. The molecule has 0 heterocycles. The summed E-state index contributed by atoms with van der Waals surface area (Å²) in [7, 11) is 0. The number of hydrogen-bond donors (Lipinski definition) is 1. The van der Waals surface area contributed by atoms with Gasteiger partial charge in [-0.3, -0.25) is 0 Å². The predicted molar refractivity (Wildman–Crippen MR) is 73.4 cm³/mol. The fourth-order valence-electron chi connectivity index (χ4n) is 1.68. The standard InChI is InChI=1S/C15H22N2O/c1-4-15(3,5-2)17-12-13-7-6-8-14(11-13)18-10-9-16/h6-8,11,17H,4-5,10,12H2,1-3H3. The fraction of sp³-hybridized carbons (Fsp3) is 0.533. The van der Waals surface area contributed by atoms with Gasteiger partial charge in [0.15, 0.2) is 6.61 Å². The van der Waals surface area contributed by atoms with Crippen molar-refractivity contribution in [1.29, 1.82) is 5.26 Å². The molecule has 0 bridgehead atoms. The molecule has 0 aliphatic heterocycles. The van der Waals surface area contributed by atoms with Gasteiger partial charge in [-0.15, -0.1) is 0 Å². The highest BCUT2D eigenvalue weighted by molar-refractivity contribution is 5.28. The van der Waals surface area contributed by atoms with Crippen molar-refractivity contribution in [2.24, 2.45) is 0 Å². The van der Waals surface area contributed by atoms with E-state index in [9.17, 15) is 0 Å². The molecule has 3 heteroatoms. The predicted octanol–water partition coefficient (Wildman–Crippen LogP) is 3.26. The first kappa shape index (κ1) is 14.5. The van der Waals surface area contributed by atoms with Gasteiger partial charge in [0.05, 0.1) is 0 Å². The number of benzene rings is 1. The second-order valence-electron chi connectivity index (χ2n) is 4.72. The SMILES string of the molecule is CCC(C)(CC)NCc1cccc(OCC#N)c1. The molecule has 1 aromatic rings. The maximum Gasteiger partial charge on any atom is 0.174 e. The van der Waals surface area contributed by atoms with Crippen molar-refractivity contribution < 1.29 is 4.74 Å². The van der Waals surface area contributed by atoms with Crippen LogP contribution >= 0.6 is 0 Å². The van der Waals surface area contributed by atoms with Gasteiger partial charge in [-0.1, -0.05) is 26.0 Å². The molecule has 98 valence electrons. The lowest BCUT2D eigenvalue weighted by Crippen LogP contribution is -2.40. The first-order valence-corrected chi connectivity index (χ1v) is 6.47. The molecule has 0 aliphatic rings. The summed E-state index contributed by atoms with van der Waals surface area (Å²) in [4.78, 5) is 0. The minimum atomic E-state index is 0.0958. The molecule has 0 amide bonds. The second kappa shape index (κ2) is 7.03. The zero-order valence-corrected chi connectivity index (χ0v) is 11.5. The molecule has 0 radical (unpaired) electrons. The van der Waals surface area contributed by atoms with Crippen molar-refractivity contribution in [3.63, 3.8) is 0 Å².